The SMILES string of the molecule is c1ccc(-n2c3ccccc3c3c(Sc4cccc5c4c4ccccc4n5-c4ccc5sc6ccccc6c5c4)cccc32)cc1. The third-order valence-electron chi connectivity index (χ3n) is 9.17. The standard InChI is InChI=1S/C42H26N2S2/c1-2-12-27(13-3-1)43-33-17-7-4-15-30(33)41-35(43)19-10-22-39(41)46-40-23-11-20-36-42(40)31-16-5-8-18-34(31)44(36)28-24-25-38-32(26-28)29-14-6-9-21-37(29)45-38/h1-26H. The molecule has 3 aromatic heterocycles. The maximum atomic E-state index is 2.45. The Morgan fingerprint density at radius 3 is 1.57 bits per heavy atom. The third-order valence-corrected chi connectivity index (χ3v) is 11.4. The predicted octanol–water partition coefficient (Wildman–Crippen LogP) is 12.4. The van der Waals surface area contributed by atoms with Crippen LogP contribution >= 0.6 is 23.1 Å². The van der Waals surface area contributed by atoms with Crippen LogP contribution < -0.4 is 0 Å². The van der Waals surface area contributed by atoms with E-state index < -0.39 is 0 Å². The number of benzene rings is 7. The highest BCUT2D eigenvalue weighted by atomic mass is 32.2. The number of thiophene rings is 1. The van der Waals surface area contributed by atoms with Crippen LogP contribution in [0.2, 0.25) is 0 Å². The first-order valence-corrected chi connectivity index (χ1v) is 17.2. The molecule has 0 fully saturated rings. The van der Waals surface area contributed by atoms with Crippen LogP contribution in [0.1, 0.15) is 0 Å². The number of para-hydroxylation sites is 3. The van der Waals surface area contributed by atoms with E-state index >= 15 is 0 Å². The van der Waals surface area contributed by atoms with Crippen LogP contribution in [0.5, 0.6) is 0 Å². The van der Waals surface area contributed by atoms with Gasteiger partial charge < -0.3 is 9.13 Å². The van der Waals surface area contributed by atoms with Gasteiger partial charge in [0, 0.05) is 62.9 Å². The largest absolute Gasteiger partial charge is 0.309 e. The number of fused-ring (bicyclic) bond motifs is 9. The fourth-order valence-corrected chi connectivity index (χ4v) is 9.50. The molecule has 0 unspecified atom stereocenters. The van der Waals surface area contributed by atoms with Crippen molar-refractivity contribution in [1.82, 2.24) is 9.13 Å². The Balaban J connectivity index is 1.20. The molecule has 2 nitrogen and oxygen atoms in total. The van der Waals surface area contributed by atoms with Gasteiger partial charge in [-0.05, 0) is 72.8 Å². The molecule has 216 valence electrons. The highest BCUT2D eigenvalue weighted by molar-refractivity contribution is 7.99. The molecule has 0 amide bonds. The monoisotopic (exact) mass is 622 g/mol. The first kappa shape index (κ1) is 26.0. The van der Waals surface area contributed by atoms with Crippen LogP contribution in [0.15, 0.2) is 168 Å². The van der Waals surface area contributed by atoms with E-state index in [1.54, 1.807) is 0 Å². The van der Waals surface area contributed by atoms with E-state index in [-0.39, 0.29) is 0 Å². The summed E-state index contributed by atoms with van der Waals surface area (Å²) in [6.07, 6.45) is 0. The minimum absolute atomic E-state index is 1.18. The maximum Gasteiger partial charge on any atom is 0.0552 e. The first-order valence-electron chi connectivity index (χ1n) is 15.5. The second kappa shape index (κ2) is 10.1. The predicted molar refractivity (Wildman–Crippen MR) is 199 cm³/mol. The van der Waals surface area contributed by atoms with E-state index in [4.69, 9.17) is 0 Å². The Labute approximate surface area is 273 Å². The van der Waals surface area contributed by atoms with Gasteiger partial charge in [0.1, 0.15) is 0 Å². The second-order valence-corrected chi connectivity index (χ2v) is 13.9. The molecule has 0 saturated carbocycles. The Morgan fingerprint density at radius 2 is 0.891 bits per heavy atom. The van der Waals surface area contributed by atoms with Gasteiger partial charge in [0.15, 0.2) is 0 Å². The molecule has 3 heterocycles. The van der Waals surface area contributed by atoms with Gasteiger partial charge >= 0.3 is 0 Å². The number of hydrogen-bond donors (Lipinski definition) is 0. The molecule has 10 aromatic rings. The highest BCUT2D eigenvalue weighted by Gasteiger charge is 2.19. The van der Waals surface area contributed by atoms with Crippen molar-refractivity contribution in [2.75, 3.05) is 0 Å². The molecular weight excluding hydrogens is 597 g/mol. The Hall–Kier alpha value is -5.29. The van der Waals surface area contributed by atoms with Crippen molar-refractivity contribution in [1.29, 1.82) is 0 Å². The molecule has 4 heteroatoms. The molecule has 0 aliphatic rings. The van der Waals surface area contributed by atoms with Crippen molar-refractivity contribution < 1.29 is 0 Å². The van der Waals surface area contributed by atoms with E-state index in [2.05, 4.69) is 167 Å². The lowest BCUT2D eigenvalue weighted by molar-refractivity contribution is 1.18. The summed E-state index contributed by atoms with van der Waals surface area (Å²) >= 11 is 3.74. The zero-order chi connectivity index (χ0) is 30.2. The number of aromatic nitrogens is 2. The Morgan fingerprint density at radius 1 is 0.370 bits per heavy atom. The molecule has 46 heavy (non-hydrogen) atoms. The minimum Gasteiger partial charge on any atom is -0.309 e. The summed E-state index contributed by atoms with van der Waals surface area (Å²) in [6.45, 7) is 0. The van der Waals surface area contributed by atoms with Crippen molar-refractivity contribution in [2.45, 2.75) is 9.79 Å². The van der Waals surface area contributed by atoms with Crippen molar-refractivity contribution >= 4 is 86.9 Å². The van der Waals surface area contributed by atoms with Crippen molar-refractivity contribution in [3.05, 3.63) is 158 Å². The van der Waals surface area contributed by atoms with Crippen LogP contribution in [0.4, 0.5) is 0 Å². The van der Waals surface area contributed by atoms with Crippen LogP contribution in [-0.4, -0.2) is 9.13 Å². The summed E-state index contributed by atoms with van der Waals surface area (Å²) in [6, 6.07) is 57.5. The normalized spacial score (nSPS) is 12.0. The smallest absolute Gasteiger partial charge is 0.0552 e. The lowest BCUT2D eigenvalue weighted by Crippen LogP contribution is -1.93. The van der Waals surface area contributed by atoms with E-state index in [1.165, 1.54) is 84.9 Å². The summed E-state index contributed by atoms with van der Waals surface area (Å²) in [5, 5.41) is 7.77. The summed E-state index contributed by atoms with van der Waals surface area (Å²) in [5.74, 6) is 0. The van der Waals surface area contributed by atoms with Crippen LogP contribution in [0, 0.1) is 0 Å². The topological polar surface area (TPSA) is 9.86 Å². The molecule has 0 N–H and O–H groups in total. The minimum atomic E-state index is 1.18. The highest BCUT2D eigenvalue weighted by Crippen LogP contribution is 2.45. The van der Waals surface area contributed by atoms with Gasteiger partial charge in [-0.15, -0.1) is 11.3 Å². The number of nitrogens with zero attached hydrogens (tertiary/aromatic N) is 2. The van der Waals surface area contributed by atoms with Crippen LogP contribution in [0.3, 0.4) is 0 Å². The third kappa shape index (κ3) is 3.78. The fraction of sp³-hybridized carbons (Fsp3) is 0. The summed E-state index contributed by atoms with van der Waals surface area (Å²) in [5.41, 5.74) is 7.27. The van der Waals surface area contributed by atoms with E-state index in [0.717, 1.165) is 0 Å². The molecule has 0 saturated heterocycles. The quantitative estimate of drug-likeness (QED) is 0.190. The van der Waals surface area contributed by atoms with Crippen molar-refractivity contribution in [3.8, 4) is 11.4 Å². The molecule has 0 spiro atoms. The van der Waals surface area contributed by atoms with Gasteiger partial charge in [-0.1, -0.05) is 96.7 Å². The van der Waals surface area contributed by atoms with E-state index in [0.29, 0.717) is 0 Å². The average Bonchev–Trinajstić information content (AvgIpc) is 3.77. The van der Waals surface area contributed by atoms with Gasteiger partial charge in [-0.3, -0.25) is 0 Å². The van der Waals surface area contributed by atoms with Gasteiger partial charge in [0.05, 0.1) is 22.1 Å². The number of rotatable bonds is 4. The van der Waals surface area contributed by atoms with Crippen molar-refractivity contribution in [2.24, 2.45) is 0 Å². The summed E-state index contributed by atoms with van der Waals surface area (Å²) < 4.78 is 7.50. The second-order valence-electron chi connectivity index (χ2n) is 11.7. The summed E-state index contributed by atoms with van der Waals surface area (Å²) in [4.78, 5) is 2.53. The lowest BCUT2D eigenvalue weighted by Gasteiger charge is -2.10. The number of hydrogen-bond acceptors (Lipinski definition) is 2. The molecule has 0 radical (unpaired) electrons. The molecular formula is C42H26N2S2. The zero-order valence-electron chi connectivity index (χ0n) is 24.7. The zero-order valence-corrected chi connectivity index (χ0v) is 26.4. The molecule has 10 rings (SSSR count). The molecule has 0 atom stereocenters. The van der Waals surface area contributed by atoms with Crippen LogP contribution in [0.25, 0.3) is 75.2 Å². The molecule has 0 bridgehead atoms. The van der Waals surface area contributed by atoms with Crippen LogP contribution in [-0.2, 0) is 0 Å². The van der Waals surface area contributed by atoms with E-state index in [1.807, 2.05) is 23.1 Å². The fourth-order valence-electron chi connectivity index (χ4n) is 7.25. The lowest BCUT2D eigenvalue weighted by atomic mass is 10.1. The maximum absolute atomic E-state index is 2.45. The van der Waals surface area contributed by atoms with Gasteiger partial charge in [-0.25, -0.2) is 0 Å². The van der Waals surface area contributed by atoms with Gasteiger partial charge in [0.2, 0.25) is 0 Å². The van der Waals surface area contributed by atoms with Crippen molar-refractivity contribution in [3.63, 3.8) is 0 Å². The average molecular weight is 623 g/mol. The Bertz CT molecular complexity index is 2780. The van der Waals surface area contributed by atoms with Gasteiger partial charge in [-0.2, -0.15) is 0 Å². The van der Waals surface area contributed by atoms with E-state index in [9.17, 15) is 0 Å². The molecule has 0 aliphatic carbocycles. The molecule has 0 aliphatic heterocycles. The summed E-state index contributed by atoms with van der Waals surface area (Å²) in [7, 11) is 0. The van der Waals surface area contributed by atoms with Gasteiger partial charge in [0.25, 0.3) is 0 Å². The Kier molecular flexibility index (Phi) is 5.71. The molecule has 7 aromatic carbocycles. The first-order chi connectivity index (χ1) is 22.8.